The lowest BCUT2D eigenvalue weighted by Crippen LogP contribution is -2.09. The molecule has 172 valence electrons. The Hall–Kier alpha value is -2.77. The van der Waals surface area contributed by atoms with Crippen molar-refractivity contribution in [1.82, 2.24) is 0 Å². The van der Waals surface area contributed by atoms with E-state index in [-0.39, 0.29) is 0 Å². The summed E-state index contributed by atoms with van der Waals surface area (Å²) in [6.07, 6.45) is 5.17. The third-order valence-electron chi connectivity index (χ3n) is 5.37. The van der Waals surface area contributed by atoms with Crippen molar-refractivity contribution >= 4 is 90.0 Å². The van der Waals surface area contributed by atoms with Crippen molar-refractivity contribution in [2.45, 2.75) is 0 Å². The number of anilines is 3. The number of rotatable bonds is 7. The maximum Gasteiger partial charge on any atom is 0.160 e. The lowest BCUT2D eigenvalue weighted by molar-refractivity contribution is 0.112. The zero-order valence-corrected chi connectivity index (χ0v) is 23.2. The minimum absolute atomic E-state index is 0.755. The highest BCUT2D eigenvalue weighted by atomic mass is 79.9. The van der Waals surface area contributed by atoms with Crippen LogP contribution in [0.1, 0.15) is 20.1 Å². The van der Waals surface area contributed by atoms with E-state index in [9.17, 15) is 4.79 Å². The van der Waals surface area contributed by atoms with E-state index in [1.807, 2.05) is 12.1 Å². The molecule has 2 nitrogen and oxygen atoms in total. The third-order valence-corrected chi connectivity index (χ3v) is 8.69. The molecular weight excluding hydrogens is 602 g/mol. The van der Waals surface area contributed by atoms with Gasteiger partial charge in [-0.2, -0.15) is 0 Å². The van der Waals surface area contributed by atoms with Gasteiger partial charge < -0.3 is 4.90 Å². The molecule has 0 saturated heterocycles. The van der Waals surface area contributed by atoms with Crippen LogP contribution in [0.5, 0.6) is 0 Å². The SMILES string of the molecule is O=Cc1ccc(-c2ccc(/C=C/c3ccc(N(c4ccc(Br)cc4)c4ccc(Br)cc4)cc3)s2)s1. The molecule has 2 aromatic heterocycles. The second-order valence-electron chi connectivity index (χ2n) is 7.73. The van der Waals surface area contributed by atoms with E-state index in [1.165, 1.54) is 21.1 Å². The lowest BCUT2D eigenvalue weighted by Gasteiger charge is -2.25. The van der Waals surface area contributed by atoms with Crippen molar-refractivity contribution in [3.8, 4) is 9.75 Å². The second-order valence-corrected chi connectivity index (χ2v) is 11.8. The number of nitrogens with zero attached hydrogens (tertiary/aromatic N) is 1. The van der Waals surface area contributed by atoms with Gasteiger partial charge >= 0.3 is 0 Å². The minimum atomic E-state index is 0.755. The minimum Gasteiger partial charge on any atom is -0.311 e. The Morgan fingerprint density at radius 2 is 1.00 bits per heavy atom. The summed E-state index contributed by atoms with van der Waals surface area (Å²) >= 11 is 10.3. The zero-order valence-electron chi connectivity index (χ0n) is 18.4. The Labute approximate surface area is 229 Å². The summed E-state index contributed by atoms with van der Waals surface area (Å²) in [7, 11) is 0. The lowest BCUT2D eigenvalue weighted by atomic mass is 10.1. The fourth-order valence-electron chi connectivity index (χ4n) is 3.66. The van der Waals surface area contributed by atoms with Crippen molar-refractivity contribution in [2.75, 3.05) is 4.90 Å². The summed E-state index contributed by atoms with van der Waals surface area (Å²) in [5, 5.41) is 0. The number of halogens is 2. The van der Waals surface area contributed by atoms with E-state index in [4.69, 9.17) is 0 Å². The van der Waals surface area contributed by atoms with Gasteiger partial charge in [-0.15, -0.1) is 22.7 Å². The molecule has 0 fully saturated rings. The van der Waals surface area contributed by atoms with Crippen molar-refractivity contribution < 1.29 is 4.79 Å². The second kappa shape index (κ2) is 10.9. The molecule has 3 aromatic carbocycles. The van der Waals surface area contributed by atoms with Crippen LogP contribution < -0.4 is 4.90 Å². The molecule has 0 N–H and O–H groups in total. The van der Waals surface area contributed by atoms with Crippen LogP contribution in [-0.4, -0.2) is 6.29 Å². The van der Waals surface area contributed by atoms with Gasteiger partial charge in [0.25, 0.3) is 0 Å². The first kappa shape index (κ1) is 23.9. The van der Waals surface area contributed by atoms with Crippen LogP contribution in [-0.2, 0) is 0 Å². The summed E-state index contributed by atoms with van der Waals surface area (Å²) in [5.74, 6) is 0. The first-order valence-corrected chi connectivity index (χ1v) is 14.1. The van der Waals surface area contributed by atoms with E-state index in [0.29, 0.717) is 0 Å². The summed E-state index contributed by atoms with van der Waals surface area (Å²) < 4.78 is 2.11. The molecule has 0 unspecified atom stereocenters. The number of carbonyl (C=O) groups is 1. The first-order valence-electron chi connectivity index (χ1n) is 10.8. The number of aldehydes is 1. The standard InChI is InChI=1S/C29H19Br2NOS2/c30-21-4-10-24(11-5-21)32(25-12-6-22(31)7-13-25)23-8-1-20(2-9-23)3-14-26-15-17-28(34-26)29-18-16-27(19-33)35-29/h1-19H/b14-3+. The van der Waals surface area contributed by atoms with Gasteiger partial charge in [0, 0.05) is 40.6 Å². The monoisotopic (exact) mass is 619 g/mol. The number of hydrogen-bond donors (Lipinski definition) is 0. The quantitative estimate of drug-likeness (QED) is 0.169. The highest BCUT2D eigenvalue weighted by Crippen LogP contribution is 2.36. The van der Waals surface area contributed by atoms with Crippen LogP contribution >= 0.6 is 54.5 Å². The zero-order chi connectivity index (χ0) is 24.2. The molecule has 0 amide bonds. The molecule has 0 bridgehead atoms. The Kier molecular flexibility index (Phi) is 7.44. The average molecular weight is 621 g/mol. The molecule has 5 aromatic rings. The smallest absolute Gasteiger partial charge is 0.160 e. The molecule has 0 aliphatic heterocycles. The molecule has 0 saturated carbocycles. The van der Waals surface area contributed by atoms with Crippen molar-refractivity contribution in [3.05, 3.63) is 121 Å². The first-order chi connectivity index (χ1) is 17.1. The fourth-order valence-corrected chi connectivity index (χ4v) is 6.02. The van der Waals surface area contributed by atoms with Crippen LogP contribution in [0.3, 0.4) is 0 Å². The maximum atomic E-state index is 11.0. The summed E-state index contributed by atoms with van der Waals surface area (Å²) in [6.45, 7) is 0. The predicted octanol–water partition coefficient (Wildman–Crippen LogP) is 10.5. The number of hydrogen-bond acceptors (Lipinski definition) is 4. The number of benzene rings is 3. The van der Waals surface area contributed by atoms with Crippen molar-refractivity contribution in [1.29, 1.82) is 0 Å². The van der Waals surface area contributed by atoms with Crippen LogP contribution in [0.15, 0.2) is 106 Å². The Balaban J connectivity index is 1.38. The molecule has 0 aliphatic carbocycles. The molecular formula is C29H19Br2NOS2. The van der Waals surface area contributed by atoms with Gasteiger partial charge in [-0.25, -0.2) is 0 Å². The summed E-state index contributed by atoms with van der Waals surface area (Å²) in [6, 6.07) is 33.4. The van der Waals surface area contributed by atoms with Gasteiger partial charge in [0.05, 0.1) is 4.88 Å². The van der Waals surface area contributed by atoms with E-state index in [2.05, 4.69) is 134 Å². The van der Waals surface area contributed by atoms with E-state index < -0.39 is 0 Å². The molecule has 6 heteroatoms. The highest BCUT2D eigenvalue weighted by Gasteiger charge is 2.12. The molecule has 0 spiro atoms. The Bertz CT molecular complexity index is 1420. The Morgan fingerprint density at radius 1 is 0.543 bits per heavy atom. The molecule has 0 radical (unpaired) electrons. The third kappa shape index (κ3) is 5.73. The summed E-state index contributed by atoms with van der Waals surface area (Å²) in [5.41, 5.74) is 4.41. The van der Waals surface area contributed by atoms with Gasteiger partial charge in [-0.05, 0) is 96.6 Å². The number of thiophene rings is 2. The Morgan fingerprint density at radius 3 is 1.49 bits per heavy atom. The van der Waals surface area contributed by atoms with Crippen LogP contribution in [0.4, 0.5) is 17.1 Å². The van der Waals surface area contributed by atoms with Crippen LogP contribution in [0, 0.1) is 0 Å². The molecule has 35 heavy (non-hydrogen) atoms. The van der Waals surface area contributed by atoms with Gasteiger partial charge in [-0.1, -0.05) is 50.1 Å². The fraction of sp³-hybridized carbons (Fsp3) is 0. The van der Waals surface area contributed by atoms with E-state index in [0.717, 1.165) is 47.6 Å². The molecule has 2 heterocycles. The predicted molar refractivity (Wildman–Crippen MR) is 158 cm³/mol. The molecule has 0 atom stereocenters. The van der Waals surface area contributed by atoms with E-state index >= 15 is 0 Å². The van der Waals surface area contributed by atoms with E-state index in [1.54, 1.807) is 11.3 Å². The largest absolute Gasteiger partial charge is 0.311 e. The van der Waals surface area contributed by atoms with Gasteiger partial charge in [0.15, 0.2) is 6.29 Å². The number of carbonyl (C=O) groups excluding carboxylic acids is 1. The van der Waals surface area contributed by atoms with Gasteiger partial charge in [0.2, 0.25) is 0 Å². The average Bonchev–Trinajstić information content (AvgIpc) is 3.56. The molecule has 0 aliphatic rings. The van der Waals surface area contributed by atoms with Crippen molar-refractivity contribution in [2.24, 2.45) is 0 Å². The highest BCUT2D eigenvalue weighted by molar-refractivity contribution is 9.10. The van der Waals surface area contributed by atoms with Gasteiger partial charge in [-0.3, -0.25) is 4.79 Å². The van der Waals surface area contributed by atoms with Crippen LogP contribution in [0.25, 0.3) is 21.9 Å². The normalized spacial score (nSPS) is 11.1. The molecule has 5 rings (SSSR count). The summed E-state index contributed by atoms with van der Waals surface area (Å²) in [4.78, 5) is 17.4. The maximum absolute atomic E-state index is 11.0. The van der Waals surface area contributed by atoms with Gasteiger partial charge in [0.1, 0.15) is 0 Å². The topological polar surface area (TPSA) is 20.3 Å². The van der Waals surface area contributed by atoms with Crippen LogP contribution in [0.2, 0.25) is 0 Å². The van der Waals surface area contributed by atoms with Crippen molar-refractivity contribution in [3.63, 3.8) is 0 Å².